The maximum atomic E-state index is 15.4. The minimum Gasteiger partial charge on any atom is -0.396 e. The number of benzene rings is 1. The van der Waals surface area contributed by atoms with Crippen molar-refractivity contribution >= 4 is 17.2 Å². The van der Waals surface area contributed by atoms with Gasteiger partial charge in [0.15, 0.2) is 0 Å². The van der Waals surface area contributed by atoms with Crippen molar-refractivity contribution in [1.29, 1.82) is 0 Å². The number of ether oxygens (including phenoxy) is 1. The Hall–Kier alpha value is -1.39. The normalized spacial score (nSPS) is 38.0. The second kappa shape index (κ2) is 9.00. The maximum absolute atomic E-state index is 15.4. The Labute approximate surface area is 177 Å². The SMILES string of the molecule is CC1C=C(c2cccc(F)c2)C=C(F)C1(Cl)C(CO)[C@H]1O[C@H](CO)[C@@H](O)[C@H](O)[C@@H]1O. The van der Waals surface area contributed by atoms with Crippen LogP contribution in [-0.4, -0.2) is 74.1 Å². The van der Waals surface area contributed by atoms with Crippen molar-refractivity contribution in [3.8, 4) is 0 Å². The molecule has 1 aromatic rings. The van der Waals surface area contributed by atoms with Crippen molar-refractivity contribution < 1.29 is 39.1 Å². The summed E-state index contributed by atoms with van der Waals surface area (Å²) in [7, 11) is 0. The number of hydrogen-bond acceptors (Lipinski definition) is 6. The zero-order chi connectivity index (χ0) is 22.2. The zero-order valence-electron chi connectivity index (χ0n) is 16.2. The van der Waals surface area contributed by atoms with Crippen LogP contribution in [0.25, 0.3) is 5.57 Å². The second-order valence-electron chi connectivity index (χ2n) is 7.76. The monoisotopic (exact) mass is 446 g/mol. The maximum Gasteiger partial charge on any atom is 0.123 e. The first-order chi connectivity index (χ1) is 14.1. The predicted molar refractivity (Wildman–Crippen MR) is 106 cm³/mol. The van der Waals surface area contributed by atoms with Gasteiger partial charge < -0.3 is 30.3 Å². The molecule has 2 aliphatic rings. The lowest BCUT2D eigenvalue weighted by atomic mass is 9.71. The number of rotatable bonds is 5. The van der Waals surface area contributed by atoms with E-state index in [0.717, 1.165) is 6.08 Å². The fraction of sp³-hybridized carbons (Fsp3) is 0.524. The van der Waals surface area contributed by atoms with Crippen LogP contribution in [-0.2, 0) is 4.74 Å². The van der Waals surface area contributed by atoms with Gasteiger partial charge in [0.1, 0.15) is 40.9 Å². The van der Waals surface area contributed by atoms with Crippen LogP contribution in [0.5, 0.6) is 0 Å². The van der Waals surface area contributed by atoms with E-state index in [1.165, 1.54) is 18.2 Å². The molecule has 0 amide bonds. The van der Waals surface area contributed by atoms with Gasteiger partial charge in [-0.05, 0) is 29.3 Å². The van der Waals surface area contributed by atoms with Gasteiger partial charge in [0.05, 0.1) is 19.3 Å². The fourth-order valence-electron chi connectivity index (χ4n) is 4.20. The topological polar surface area (TPSA) is 110 Å². The third kappa shape index (κ3) is 3.93. The van der Waals surface area contributed by atoms with E-state index in [1.54, 1.807) is 19.1 Å². The van der Waals surface area contributed by atoms with Gasteiger partial charge in [0, 0.05) is 11.8 Å². The van der Waals surface area contributed by atoms with E-state index in [0.29, 0.717) is 11.1 Å². The van der Waals surface area contributed by atoms with Gasteiger partial charge in [-0.1, -0.05) is 25.1 Å². The summed E-state index contributed by atoms with van der Waals surface area (Å²) in [6.45, 7) is 0.235. The standard InChI is InChI=1S/C21H25ClF2O6/c1-10-5-12(11-3-2-4-13(23)6-11)7-16(24)21(10,22)14(8-25)20-19(29)18(28)17(27)15(9-26)30-20/h2-7,10,14-15,17-20,25-29H,8-9H2,1H3/t10?,14?,15-,17-,18+,19+,20-,21?/m1/s1. The number of allylic oxidation sites excluding steroid dienone is 4. The lowest BCUT2D eigenvalue weighted by Gasteiger charge is -2.48. The third-order valence-electron chi connectivity index (χ3n) is 5.96. The fourth-order valence-corrected chi connectivity index (χ4v) is 4.52. The smallest absolute Gasteiger partial charge is 0.123 e. The zero-order valence-corrected chi connectivity index (χ0v) is 17.0. The number of hydrogen-bond donors (Lipinski definition) is 5. The van der Waals surface area contributed by atoms with Crippen LogP contribution in [0, 0.1) is 17.7 Å². The van der Waals surface area contributed by atoms with Gasteiger partial charge in [-0.3, -0.25) is 0 Å². The third-order valence-corrected chi connectivity index (χ3v) is 6.77. The molecule has 30 heavy (non-hydrogen) atoms. The first-order valence-corrected chi connectivity index (χ1v) is 9.98. The summed E-state index contributed by atoms with van der Waals surface area (Å²) >= 11 is 6.68. The molecular weight excluding hydrogens is 422 g/mol. The molecule has 0 saturated carbocycles. The average Bonchev–Trinajstić information content (AvgIpc) is 2.72. The van der Waals surface area contributed by atoms with Crippen LogP contribution in [0.4, 0.5) is 8.78 Å². The first kappa shape index (κ1) is 23.3. The molecule has 1 aromatic carbocycles. The Morgan fingerprint density at radius 2 is 1.83 bits per heavy atom. The Bertz CT molecular complexity index is 831. The molecular formula is C21H25ClF2O6. The highest BCUT2D eigenvalue weighted by molar-refractivity contribution is 6.26. The van der Waals surface area contributed by atoms with Gasteiger partial charge in [0.25, 0.3) is 0 Å². The van der Waals surface area contributed by atoms with Gasteiger partial charge in [-0.15, -0.1) is 11.6 Å². The van der Waals surface area contributed by atoms with Gasteiger partial charge >= 0.3 is 0 Å². The summed E-state index contributed by atoms with van der Waals surface area (Å²) in [5.41, 5.74) is 0.852. The summed E-state index contributed by atoms with van der Waals surface area (Å²) < 4.78 is 34.4. The van der Waals surface area contributed by atoms with Crippen molar-refractivity contribution in [2.75, 3.05) is 13.2 Å². The summed E-state index contributed by atoms with van der Waals surface area (Å²) in [5, 5.41) is 49.9. The van der Waals surface area contributed by atoms with E-state index in [4.69, 9.17) is 16.3 Å². The van der Waals surface area contributed by atoms with Crippen LogP contribution in [0.1, 0.15) is 12.5 Å². The van der Waals surface area contributed by atoms with Crippen LogP contribution < -0.4 is 0 Å². The molecule has 0 spiro atoms. The largest absolute Gasteiger partial charge is 0.396 e. The Morgan fingerprint density at radius 3 is 2.40 bits per heavy atom. The Balaban J connectivity index is 1.96. The number of halogens is 3. The van der Waals surface area contributed by atoms with Crippen molar-refractivity contribution in [3.05, 3.63) is 53.6 Å². The molecule has 0 radical (unpaired) electrons. The van der Waals surface area contributed by atoms with E-state index in [1.807, 2.05) is 0 Å². The van der Waals surface area contributed by atoms with E-state index in [2.05, 4.69) is 0 Å². The van der Waals surface area contributed by atoms with E-state index in [-0.39, 0.29) is 0 Å². The molecule has 1 fully saturated rings. The lowest BCUT2D eigenvalue weighted by molar-refractivity contribution is -0.246. The van der Waals surface area contributed by atoms with Crippen LogP contribution in [0.15, 0.2) is 42.2 Å². The number of aliphatic hydroxyl groups is 5. The van der Waals surface area contributed by atoms with Gasteiger partial charge in [-0.25, -0.2) is 8.78 Å². The van der Waals surface area contributed by atoms with E-state index < -0.39 is 72.1 Å². The molecule has 9 heteroatoms. The molecule has 8 atom stereocenters. The Kier molecular flexibility index (Phi) is 6.98. The lowest BCUT2D eigenvalue weighted by Crippen LogP contribution is -2.64. The molecule has 166 valence electrons. The molecule has 1 saturated heterocycles. The summed E-state index contributed by atoms with van der Waals surface area (Å²) in [6.07, 6.45) is -4.77. The summed E-state index contributed by atoms with van der Waals surface area (Å²) in [4.78, 5) is -1.85. The molecule has 5 N–H and O–H groups in total. The van der Waals surface area contributed by atoms with Gasteiger partial charge in [0.2, 0.25) is 0 Å². The molecule has 3 rings (SSSR count). The molecule has 0 bridgehead atoms. The minimum absolute atomic E-state index is 0.404. The quantitative estimate of drug-likeness (QED) is 0.434. The first-order valence-electron chi connectivity index (χ1n) is 9.60. The van der Waals surface area contributed by atoms with Crippen molar-refractivity contribution in [2.45, 2.75) is 42.3 Å². The molecule has 1 heterocycles. The minimum atomic E-state index is -1.85. The predicted octanol–water partition coefficient (Wildman–Crippen LogP) is 1.14. The molecule has 1 aliphatic carbocycles. The summed E-state index contributed by atoms with van der Waals surface area (Å²) in [5.74, 6) is -3.27. The molecule has 0 aromatic heterocycles. The molecule has 6 nitrogen and oxygen atoms in total. The van der Waals surface area contributed by atoms with E-state index >= 15 is 4.39 Å². The van der Waals surface area contributed by atoms with E-state index in [9.17, 15) is 29.9 Å². The second-order valence-corrected chi connectivity index (χ2v) is 8.39. The number of aliphatic hydroxyl groups excluding tert-OH is 5. The number of alkyl halides is 1. The molecule has 3 unspecified atom stereocenters. The summed E-state index contributed by atoms with van der Waals surface area (Å²) in [6, 6.07) is 5.64. The highest BCUT2D eigenvalue weighted by Gasteiger charge is 2.55. The highest BCUT2D eigenvalue weighted by Crippen LogP contribution is 2.49. The van der Waals surface area contributed by atoms with Crippen molar-refractivity contribution in [1.82, 2.24) is 0 Å². The molecule has 1 aliphatic heterocycles. The van der Waals surface area contributed by atoms with Crippen molar-refractivity contribution in [3.63, 3.8) is 0 Å². The Morgan fingerprint density at radius 1 is 1.13 bits per heavy atom. The van der Waals surface area contributed by atoms with Crippen LogP contribution in [0.3, 0.4) is 0 Å². The highest BCUT2D eigenvalue weighted by atomic mass is 35.5. The van der Waals surface area contributed by atoms with Crippen LogP contribution in [0.2, 0.25) is 0 Å². The van der Waals surface area contributed by atoms with Gasteiger partial charge in [-0.2, -0.15) is 0 Å². The van der Waals surface area contributed by atoms with Crippen molar-refractivity contribution in [2.24, 2.45) is 11.8 Å². The average molecular weight is 447 g/mol. The van der Waals surface area contributed by atoms with Crippen LogP contribution >= 0.6 is 11.6 Å².